The van der Waals surface area contributed by atoms with Crippen LogP contribution in [0.4, 0.5) is 9.59 Å². The Labute approximate surface area is 227 Å². The van der Waals surface area contributed by atoms with E-state index in [1.165, 1.54) is 0 Å². The minimum atomic E-state index is -0.918. The lowest BCUT2D eigenvalue weighted by Gasteiger charge is -2.36. The second-order valence-corrected chi connectivity index (χ2v) is 12.6. The van der Waals surface area contributed by atoms with Crippen molar-refractivity contribution in [3.8, 4) is 0 Å². The number of primary amides is 1. The molecular formula is C27H49N5O6. The van der Waals surface area contributed by atoms with E-state index < -0.39 is 23.2 Å². The normalized spacial score (nSPS) is 17.5. The van der Waals surface area contributed by atoms with E-state index in [9.17, 15) is 19.2 Å². The molecular weight excluding hydrogens is 490 g/mol. The number of nitrogens with zero attached hydrogens (tertiary/aromatic N) is 3. The number of carbonyl (C=O) groups is 4. The number of rotatable bonds is 11. The van der Waals surface area contributed by atoms with E-state index >= 15 is 0 Å². The van der Waals surface area contributed by atoms with Crippen LogP contribution in [-0.4, -0.2) is 94.7 Å². The van der Waals surface area contributed by atoms with Crippen molar-refractivity contribution < 1.29 is 28.7 Å². The van der Waals surface area contributed by atoms with Gasteiger partial charge in [-0.1, -0.05) is 0 Å². The van der Waals surface area contributed by atoms with E-state index in [0.29, 0.717) is 32.7 Å². The summed E-state index contributed by atoms with van der Waals surface area (Å²) in [5.41, 5.74) is 9.85. The van der Waals surface area contributed by atoms with Crippen LogP contribution in [0.15, 0.2) is 0 Å². The third kappa shape index (κ3) is 11.4. The van der Waals surface area contributed by atoms with Gasteiger partial charge >= 0.3 is 12.2 Å². The molecule has 38 heavy (non-hydrogen) atoms. The highest BCUT2D eigenvalue weighted by atomic mass is 16.6. The van der Waals surface area contributed by atoms with E-state index in [4.69, 9.17) is 20.9 Å². The van der Waals surface area contributed by atoms with Crippen molar-refractivity contribution in [1.29, 1.82) is 0 Å². The topological polar surface area (TPSA) is 148 Å². The first-order chi connectivity index (χ1) is 17.6. The van der Waals surface area contributed by atoms with E-state index in [1.807, 2.05) is 46.4 Å². The van der Waals surface area contributed by atoms with Gasteiger partial charge in [0.2, 0.25) is 11.8 Å². The van der Waals surface area contributed by atoms with Crippen molar-refractivity contribution in [3.05, 3.63) is 0 Å². The molecule has 218 valence electrons. The highest BCUT2D eigenvalue weighted by Crippen LogP contribution is 2.29. The molecule has 1 heterocycles. The number of piperidine rings is 1. The SMILES string of the molecule is CC(C)(C)OC(=O)N(CCCCN(C(=O)OC(C)(C)C)C1CC1)CC1CCN(C(=O)[C@@H](N)CC(N)=O)CC1. The minimum absolute atomic E-state index is 0.169. The number of amides is 4. The Morgan fingerprint density at radius 3 is 1.89 bits per heavy atom. The molecule has 0 spiro atoms. The summed E-state index contributed by atoms with van der Waals surface area (Å²) in [5, 5.41) is 0. The predicted octanol–water partition coefficient (Wildman–Crippen LogP) is 2.84. The molecule has 1 atom stereocenters. The van der Waals surface area contributed by atoms with E-state index in [-0.39, 0.29) is 36.5 Å². The second-order valence-electron chi connectivity index (χ2n) is 12.6. The first-order valence-electron chi connectivity index (χ1n) is 13.9. The Morgan fingerprint density at radius 2 is 1.39 bits per heavy atom. The van der Waals surface area contributed by atoms with Gasteiger partial charge in [0.1, 0.15) is 11.2 Å². The molecule has 1 saturated carbocycles. The average molecular weight is 540 g/mol. The molecule has 4 N–H and O–H groups in total. The molecule has 0 unspecified atom stereocenters. The van der Waals surface area contributed by atoms with Crippen LogP contribution in [-0.2, 0) is 19.1 Å². The zero-order chi connectivity index (χ0) is 28.7. The van der Waals surface area contributed by atoms with Crippen molar-refractivity contribution in [2.45, 2.75) is 110 Å². The lowest BCUT2D eigenvalue weighted by Crippen LogP contribution is -2.49. The van der Waals surface area contributed by atoms with Crippen molar-refractivity contribution in [2.24, 2.45) is 17.4 Å². The van der Waals surface area contributed by atoms with Crippen LogP contribution in [0.2, 0.25) is 0 Å². The van der Waals surface area contributed by atoms with Gasteiger partial charge in [0, 0.05) is 38.8 Å². The average Bonchev–Trinajstić information content (AvgIpc) is 3.60. The van der Waals surface area contributed by atoms with Crippen molar-refractivity contribution >= 4 is 24.0 Å². The highest BCUT2D eigenvalue weighted by molar-refractivity contribution is 5.87. The summed E-state index contributed by atoms with van der Waals surface area (Å²) in [6.07, 6.45) is 4.12. The number of likely N-dealkylation sites (tertiary alicyclic amines) is 1. The van der Waals surface area contributed by atoms with Crippen molar-refractivity contribution in [1.82, 2.24) is 14.7 Å². The van der Waals surface area contributed by atoms with E-state index in [0.717, 1.165) is 38.5 Å². The molecule has 11 heteroatoms. The molecule has 2 aliphatic rings. The minimum Gasteiger partial charge on any atom is -0.444 e. The van der Waals surface area contributed by atoms with Crippen LogP contribution in [0.3, 0.4) is 0 Å². The van der Waals surface area contributed by atoms with Gasteiger partial charge in [-0.15, -0.1) is 0 Å². The smallest absolute Gasteiger partial charge is 0.410 e. The van der Waals surface area contributed by atoms with Crippen molar-refractivity contribution in [3.63, 3.8) is 0 Å². The first kappa shape index (κ1) is 31.7. The molecule has 11 nitrogen and oxygen atoms in total. The molecule has 2 fully saturated rings. The summed E-state index contributed by atoms with van der Waals surface area (Å²) in [4.78, 5) is 54.5. The van der Waals surface area contributed by atoms with Gasteiger partial charge in [-0.3, -0.25) is 9.59 Å². The van der Waals surface area contributed by atoms with Crippen LogP contribution >= 0.6 is 0 Å². The third-order valence-electron chi connectivity index (χ3n) is 6.49. The molecule has 0 bridgehead atoms. The summed E-state index contributed by atoms with van der Waals surface area (Å²) in [7, 11) is 0. The maximum atomic E-state index is 13.0. The third-order valence-corrected chi connectivity index (χ3v) is 6.49. The van der Waals surface area contributed by atoms with Gasteiger partial charge in [-0.25, -0.2) is 9.59 Å². The van der Waals surface area contributed by atoms with Crippen molar-refractivity contribution in [2.75, 3.05) is 32.7 Å². The van der Waals surface area contributed by atoms with Crippen LogP contribution in [0.25, 0.3) is 0 Å². The van der Waals surface area contributed by atoms with Gasteiger partial charge in [0.15, 0.2) is 0 Å². The Hall–Kier alpha value is -2.56. The fourth-order valence-corrected chi connectivity index (χ4v) is 4.48. The fourth-order valence-electron chi connectivity index (χ4n) is 4.48. The van der Waals surface area contributed by atoms with Gasteiger partial charge in [-0.2, -0.15) is 0 Å². The maximum absolute atomic E-state index is 13.0. The molecule has 1 aliphatic heterocycles. The molecule has 1 aliphatic carbocycles. The zero-order valence-corrected chi connectivity index (χ0v) is 24.2. The number of carbonyl (C=O) groups excluding carboxylic acids is 4. The number of hydrogen-bond donors (Lipinski definition) is 2. The number of nitrogens with two attached hydrogens (primary N) is 2. The Kier molecular flexibility index (Phi) is 11.2. The van der Waals surface area contributed by atoms with Crippen LogP contribution < -0.4 is 11.5 Å². The van der Waals surface area contributed by atoms with Crippen LogP contribution in [0.5, 0.6) is 0 Å². The monoisotopic (exact) mass is 539 g/mol. The molecule has 0 aromatic rings. The summed E-state index contributed by atoms with van der Waals surface area (Å²) < 4.78 is 11.2. The summed E-state index contributed by atoms with van der Waals surface area (Å²) >= 11 is 0. The van der Waals surface area contributed by atoms with Crippen LogP contribution in [0, 0.1) is 5.92 Å². The van der Waals surface area contributed by atoms with E-state index in [1.54, 1.807) is 9.80 Å². The summed E-state index contributed by atoms with van der Waals surface area (Å²) in [6.45, 7) is 13.8. The predicted molar refractivity (Wildman–Crippen MR) is 144 cm³/mol. The lowest BCUT2D eigenvalue weighted by atomic mass is 9.95. The largest absolute Gasteiger partial charge is 0.444 e. The summed E-state index contributed by atoms with van der Waals surface area (Å²) in [6, 6.07) is -0.672. The molecule has 0 radical (unpaired) electrons. The maximum Gasteiger partial charge on any atom is 0.410 e. The molecule has 1 saturated heterocycles. The molecule has 0 aromatic heterocycles. The molecule has 4 amide bonds. The van der Waals surface area contributed by atoms with Gasteiger partial charge in [0.25, 0.3) is 0 Å². The molecule has 2 rings (SSSR count). The Bertz CT molecular complexity index is 825. The Balaban J connectivity index is 1.90. The fraction of sp³-hybridized carbons (Fsp3) is 0.852. The number of unbranched alkanes of at least 4 members (excludes halogenated alkanes) is 1. The van der Waals surface area contributed by atoms with Gasteiger partial charge in [-0.05, 0) is 86.0 Å². The molecule has 0 aromatic carbocycles. The van der Waals surface area contributed by atoms with Gasteiger partial charge < -0.3 is 35.6 Å². The quantitative estimate of drug-likeness (QED) is 0.384. The Morgan fingerprint density at radius 1 is 0.868 bits per heavy atom. The standard InChI is InChI=1S/C27H49N5O6/c1-26(2,3)37-24(35)31(13-7-8-14-32(20-9-10-20)25(36)38-27(4,5)6)18-19-11-15-30(16-12-19)23(34)21(28)17-22(29)33/h19-21H,7-18,28H2,1-6H3,(H2,29,33)/t21-/m0/s1. The highest BCUT2D eigenvalue weighted by Gasteiger charge is 2.35. The second kappa shape index (κ2) is 13.5. The van der Waals surface area contributed by atoms with E-state index in [2.05, 4.69) is 0 Å². The zero-order valence-electron chi connectivity index (χ0n) is 24.2. The van der Waals surface area contributed by atoms with Gasteiger partial charge in [0.05, 0.1) is 12.5 Å². The number of ether oxygens (including phenoxy) is 2. The first-order valence-corrected chi connectivity index (χ1v) is 13.9. The summed E-state index contributed by atoms with van der Waals surface area (Å²) in [5.74, 6) is -0.653. The lowest BCUT2D eigenvalue weighted by molar-refractivity contribution is -0.136. The van der Waals surface area contributed by atoms with Crippen LogP contribution in [0.1, 0.15) is 86.5 Å². The number of hydrogen-bond acceptors (Lipinski definition) is 7.